The third-order valence-electron chi connectivity index (χ3n) is 5.78. The molecule has 1 amide bonds. The maximum Gasteiger partial charge on any atom is 0.286 e. The van der Waals surface area contributed by atoms with Crippen LogP contribution < -0.4 is 9.47 Å². The molecule has 0 saturated carbocycles. The van der Waals surface area contributed by atoms with Crippen LogP contribution in [0.15, 0.2) is 87.8 Å². The number of hydrazone groups is 1. The summed E-state index contributed by atoms with van der Waals surface area (Å²) < 4.78 is 10.7. The smallest absolute Gasteiger partial charge is 0.286 e. The Morgan fingerprint density at radius 2 is 1.74 bits per heavy atom. The van der Waals surface area contributed by atoms with Gasteiger partial charge >= 0.3 is 0 Å². The minimum absolute atomic E-state index is 0.0954. The number of aliphatic imine (C=N–C) groups is 1. The second-order valence-electron chi connectivity index (χ2n) is 7.95. The van der Waals surface area contributed by atoms with E-state index in [2.05, 4.69) is 4.99 Å². The number of thioether (sulfide) groups is 1. The molecule has 0 spiro atoms. The SMILES string of the molecule is COc1ccc(/C=C2\SC(N3N=C(c4ccccc4)CC3c3ccc(Cl)cc3)=NC2=O)cc1OC. The van der Waals surface area contributed by atoms with E-state index < -0.39 is 0 Å². The number of amidine groups is 1. The van der Waals surface area contributed by atoms with Gasteiger partial charge in [-0.3, -0.25) is 4.79 Å². The van der Waals surface area contributed by atoms with Crippen molar-refractivity contribution in [1.82, 2.24) is 5.01 Å². The fourth-order valence-electron chi connectivity index (χ4n) is 4.03. The van der Waals surface area contributed by atoms with Crippen LogP contribution in [0.5, 0.6) is 11.5 Å². The van der Waals surface area contributed by atoms with Crippen LogP contribution in [0.4, 0.5) is 0 Å². The van der Waals surface area contributed by atoms with Crippen molar-refractivity contribution < 1.29 is 14.3 Å². The van der Waals surface area contributed by atoms with Gasteiger partial charge in [-0.15, -0.1) is 0 Å². The molecule has 0 fully saturated rings. The predicted molar refractivity (Wildman–Crippen MR) is 141 cm³/mol. The molecule has 2 aliphatic heterocycles. The van der Waals surface area contributed by atoms with Crippen molar-refractivity contribution in [2.75, 3.05) is 14.2 Å². The first-order valence-electron chi connectivity index (χ1n) is 11.0. The van der Waals surface area contributed by atoms with Gasteiger partial charge in [-0.1, -0.05) is 60.1 Å². The third-order valence-corrected chi connectivity index (χ3v) is 7.01. The maximum atomic E-state index is 12.8. The zero-order valence-corrected chi connectivity index (χ0v) is 20.7. The van der Waals surface area contributed by atoms with E-state index in [0.717, 1.165) is 22.4 Å². The summed E-state index contributed by atoms with van der Waals surface area (Å²) in [7, 11) is 3.17. The fraction of sp³-hybridized carbons (Fsp3) is 0.148. The quantitative estimate of drug-likeness (QED) is 0.389. The minimum atomic E-state index is -0.294. The van der Waals surface area contributed by atoms with Crippen LogP contribution in [0.1, 0.15) is 29.2 Å². The minimum Gasteiger partial charge on any atom is -0.493 e. The summed E-state index contributed by atoms with van der Waals surface area (Å²) >= 11 is 7.44. The lowest BCUT2D eigenvalue weighted by Crippen LogP contribution is -2.23. The van der Waals surface area contributed by atoms with E-state index in [0.29, 0.717) is 33.0 Å². The van der Waals surface area contributed by atoms with Gasteiger partial charge in [0.25, 0.3) is 5.91 Å². The van der Waals surface area contributed by atoms with Crippen LogP contribution in [0.3, 0.4) is 0 Å². The molecule has 3 aromatic carbocycles. The van der Waals surface area contributed by atoms with Gasteiger partial charge in [-0.25, -0.2) is 5.01 Å². The first-order chi connectivity index (χ1) is 17.1. The number of hydrogen-bond acceptors (Lipinski definition) is 6. The van der Waals surface area contributed by atoms with Gasteiger partial charge in [0.2, 0.25) is 0 Å². The lowest BCUT2D eigenvalue weighted by atomic mass is 9.99. The summed E-state index contributed by atoms with van der Waals surface area (Å²) in [6.07, 6.45) is 2.49. The molecular weight excluding hydrogens is 482 g/mol. The number of carbonyl (C=O) groups is 1. The number of hydrogen-bond donors (Lipinski definition) is 0. The molecule has 1 unspecified atom stereocenters. The molecule has 0 aliphatic carbocycles. The lowest BCUT2D eigenvalue weighted by Gasteiger charge is -2.22. The van der Waals surface area contributed by atoms with E-state index in [1.165, 1.54) is 11.8 Å². The molecule has 5 rings (SSSR count). The van der Waals surface area contributed by atoms with E-state index in [4.69, 9.17) is 26.2 Å². The highest BCUT2D eigenvalue weighted by atomic mass is 35.5. The van der Waals surface area contributed by atoms with Crippen LogP contribution >= 0.6 is 23.4 Å². The third kappa shape index (κ3) is 4.83. The molecule has 0 N–H and O–H groups in total. The van der Waals surface area contributed by atoms with Crippen molar-refractivity contribution in [3.8, 4) is 11.5 Å². The van der Waals surface area contributed by atoms with Gasteiger partial charge in [0.05, 0.1) is 30.9 Å². The Balaban J connectivity index is 1.46. The highest BCUT2D eigenvalue weighted by Gasteiger charge is 2.36. The maximum absolute atomic E-state index is 12.8. The van der Waals surface area contributed by atoms with Gasteiger partial charge in [0.15, 0.2) is 16.7 Å². The molecule has 0 aromatic heterocycles. The van der Waals surface area contributed by atoms with Crippen molar-refractivity contribution >= 4 is 46.2 Å². The lowest BCUT2D eigenvalue weighted by molar-refractivity contribution is -0.113. The van der Waals surface area contributed by atoms with Gasteiger partial charge in [0.1, 0.15) is 0 Å². The second-order valence-corrected chi connectivity index (χ2v) is 9.40. The van der Waals surface area contributed by atoms with Crippen LogP contribution in [-0.4, -0.2) is 36.0 Å². The molecule has 0 saturated heterocycles. The first kappa shape index (κ1) is 23.2. The number of halogens is 1. The van der Waals surface area contributed by atoms with Gasteiger partial charge in [0, 0.05) is 11.4 Å². The number of ether oxygens (including phenoxy) is 2. The molecule has 2 aliphatic rings. The zero-order valence-electron chi connectivity index (χ0n) is 19.1. The topological polar surface area (TPSA) is 63.5 Å². The molecular formula is C27H22ClN3O3S. The summed E-state index contributed by atoms with van der Waals surface area (Å²) in [4.78, 5) is 17.7. The molecule has 176 valence electrons. The Kier molecular flexibility index (Phi) is 6.61. The Hall–Kier alpha value is -3.55. The van der Waals surface area contributed by atoms with E-state index >= 15 is 0 Å². The molecule has 6 nitrogen and oxygen atoms in total. The average molecular weight is 504 g/mol. The molecule has 8 heteroatoms. The largest absolute Gasteiger partial charge is 0.493 e. The standard InChI is InChI=1S/C27H22ClN3O3S/c1-33-23-13-8-17(14-24(23)34-2)15-25-26(32)29-27(35-25)31-22(19-9-11-20(28)12-10-19)16-21(30-31)18-6-4-3-5-7-18/h3-15,22H,16H2,1-2H3/b25-15-. The van der Waals surface area contributed by atoms with Gasteiger partial charge < -0.3 is 9.47 Å². The molecule has 0 bridgehead atoms. The van der Waals surface area contributed by atoms with Gasteiger partial charge in [-0.2, -0.15) is 10.1 Å². The van der Waals surface area contributed by atoms with Crippen molar-refractivity contribution in [3.05, 3.63) is 99.4 Å². The van der Waals surface area contributed by atoms with Crippen molar-refractivity contribution in [3.63, 3.8) is 0 Å². The van der Waals surface area contributed by atoms with Crippen LogP contribution in [-0.2, 0) is 4.79 Å². The monoisotopic (exact) mass is 503 g/mol. The van der Waals surface area contributed by atoms with Crippen LogP contribution in [0.25, 0.3) is 6.08 Å². The van der Waals surface area contributed by atoms with Crippen molar-refractivity contribution in [1.29, 1.82) is 0 Å². The number of carbonyl (C=O) groups excluding carboxylic acids is 1. The van der Waals surface area contributed by atoms with E-state index in [1.807, 2.05) is 77.8 Å². The summed E-state index contributed by atoms with van der Waals surface area (Å²) in [5.74, 6) is 0.929. The van der Waals surface area contributed by atoms with Crippen LogP contribution in [0.2, 0.25) is 5.02 Å². The first-order valence-corrected chi connectivity index (χ1v) is 12.2. The van der Waals surface area contributed by atoms with E-state index in [1.54, 1.807) is 20.3 Å². The molecule has 3 aromatic rings. The number of benzene rings is 3. The van der Waals surface area contributed by atoms with Crippen LogP contribution in [0, 0.1) is 0 Å². The molecule has 1 atom stereocenters. The number of rotatable bonds is 5. The summed E-state index contributed by atoms with van der Waals surface area (Å²) in [6.45, 7) is 0. The molecule has 0 radical (unpaired) electrons. The average Bonchev–Trinajstić information content (AvgIpc) is 3.49. The van der Waals surface area contributed by atoms with Crippen molar-refractivity contribution in [2.24, 2.45) is 10.1 Å². The zero-order chi connectivity index (χ0) is 24.4. The summed E-state index contributed by atoms with van der Waals surface area (Å²) in [6, 6.07) is 23.2. The highest BCUT2D eigenvalue weighted by Crippen LogP contribution is 2.40. The second kappa shape index (κ2) is 9.98. The van der Waals surface area contributed by atoms with E-state index in [-0.39, 0.29) is 11.9 Å². The Bertz CT molecular complexity index is 1350. The summed E-state index contributed by atoms with van der Waals surface area (Å²) in [5.41, 5.74) is 3.86. The number of nitrogens with zero attached hydrogens (tertiary/aromatic N) is 3. The predicted octanol–water partition coefficient (Wildman–Crippen LogP) is 6.18. The number of methoxy groups -OCH3 is 2. The normalized spacial score (nSPS) is 18.6. The molecule has 2 heterocycles. The Morgan fingerprint density at radius 1 is 1.00 bits per heavy atom. The highest BCUT2D eigenvalue weighted by molar-refractivity contribution is 8.18. The Labute approximate surface area is 212 Å². The number of amides is 1. The molecule has 35 heavy (non-hydrogen) atoms. The Morgan fingerprint density at radius 3 is 2.46 bits per heavy atom. The fourth-order valence-corrected chi connectivity index (χ4v) is 5.07. The van der Waals surface area contributed by atoms with E-state index in [9.17, 15) is 4.79 Å². The van der Waals surface area contributed by atoms with Crippen molar-refractivity contribution in [2.45, 2.75) is 12.5 Å². The van der Waals surface area contributed by atoms with Gasteiger partial charge in [-0.05, 0) is 58.8 Å². The summed E-state index contributed by atoms with van der Waals surface area (Å²) in [5, 5.41) is 7.97.